The summed E-state index contributed by atoms with van der Waals surface area (Å²) in [4.78, 5) is 1.78. The Balaban J connectivity index is 2.37. The van der Waals surface area contributed by atoms with Gasteiger partial charge in [-0.05, 0) is 18.9 Å². The summed E-state index contributed by atoms with van der Waals surface area (Å²) >= 11 is 0. The monoisotopic (exact) mass is 167 g/mol. The van der Waals surface area contributed by atoms with Crippen LogP contribution in [0, 0.1) is 0 Å². The highest BCUT2D eigenvalue weighted by atomic mass is 15.6. The van der Waals surface area contributed by atoms with Gasteiger partial charge in [-0.15, -0.1) is 0 Å². The van der Waals surface area contributed by atoms with Crippen molar-refractivity contribution in [2.45, 2.75) is 39.2 Å². The molecule has 3 nitrogen and oxygen atoms in total. The molecule has 0 fully saturated rings. The molecule has 0 bridgehead atoms. The molecule has 0 aliphatic rings. The fourth-order valence-electron chi connectivity index (χ4n) is 1.24. The minimum Gasteiger partial charge on any atom is -0.307 e. The molecule has 0 amide bonds. The summed E-state index contributed by atoms with van der Waals surface area (Å²) in [5, 5.41) is 4.09. The Hall–Kier alpha value is -0.990. The molecule has 0 saturated heterocycles. The number of hydrogen-bond donors (Lipinski definition) is 1. The van der Waals surface area contributed by atoms with Crippen molar-refractivity contribution in [3.8, 4) is 0 Å². The summed E-state index contributed by atoms with van der Waals surface area (Å²) in [6, 6.07) is 2.47. The lowest BCUT2D eigenvalue weighted by Gasteiger charge is -2.16. The van der Waals surface area contributed by atoms with E-state index < -0.39 is 0 Å². The van der Waals surface area contributed by atoms with Crippen LogP contribution < -0.4 is 5.43 Å². The summed E-state index contributed by atoms with van der Waals surface area (Å²) < 4.78 is 0. The molecule has 68 valence electrons. The molecule has 1 unspecified atom stereocenters. The van der Waals surface area contributed by atoms with Gasteiger partial charge in [0.2, 0.25) is 0 Å². The van der Waals surface area contributed by atoms with Crippen molar-refractivity contribution < 1.29 is 0 Å². The quantitative estimate of drug-likeness (QED) is 0.727. The topological polar surface area (TPSA) is 29.9 Å². The molecule has 1 heterocycles. The number of rotatable bonds is 5. The van der Waals surface area contributed by atoms with E-state index in [9.17, 15) is 0 Å². The fourth-order valence-corrected chi connectivity index (χ4v) is 1.24. The Morgan fingerprint density at radius 2 is 2.33 bits per heavy atom. The van der Waals surface area contributed by atoms with Gasteiger partial charge in [0.15, 0.2) is 0 Å². The zero-order valence-electron chi connectivity index (χ0n) is 7.83. The van der Waals surface area contributed by atoms with Gasteiger partial charge in [0.25, 0.3) is 0 Å². The molecular weight excluding hydrogens is 150 g/mol. The molecule has 0 aromatic carbocycles. The number of aromatic nitrogens is 2. The van der Waals surface area contributed by atoms with E-state index in [4.69, 9.17) is 0 Å². The van der Waals surface area contributed by atoms with Crippen LogP contribution in [0.5, 0.6) is 0 Å². The first-order chi connectivity index (χ1) is 5.86. The second-order valence-corrected chi connectivity index (χ2v) is 2.97. The number of hydrogen-bond acceptors (Lipinski definition) is 2. The average molecular weight is 167 g/mol. The maximum Gasteiger partial charge on any atom is 0.0510 e. The van der Waals surface area contributed by atoms with E-state index >= 15 is 0 Å². The van der Waals surface area contributed by atoms with Crippen molar-refractivity contribution in [1.29, 1.82) is 0 Å². The Labute approximate surface area is 73.7 Å². The van der Waals surface area contributed by atoms with E-state index in [0.717, 1.165) is 6.42 Å². The first-order valence-corrected chi connectivity index (χ1v) is 4.63. The van der Waals surface area contributed by atoms with Gasteiger partial charge in [-0.3, -0.25) is 0 Å². The van der Waals surface area contributed by atoms with E-state index in [2.05, 4.69) is 24.4 Å². The molecule has 1 atom stereocenters. The van der Waals surface area contributed by atoms with Crippen LogP contribution in [0.3, 0.4) is 0 Å². The molecule has 3 heteroatoms. The third-order valence-corrected chi connectivity index (χ3v) is 1.95. The van der Waals surface area contributed by atoms with E-state index in [-0.39, 0.29) is 0 Å². The van der Waals surface area contributed by atoms with Crippen LogP contribution in [0.1, 0.15) is 33.1 Å². The van der Waals surface area contributed by atoms with Crippen molar-refractivity contribution in [2.75, 3.05) is 5.43 Å². The van der Waals surface area contributed by atoms with Gasteiger partial charge >= 0.3 is 0 Å². The SMILES string of the molecule is CCCC(CC)Nn1cccn1. The van der Waals surface area contributed by atoms with Crippen molar-refractivity contribution in [2.24, 2.45) is 0 Å². The lowest BCUT2D eigenvalue weighted by molar-refractivity contribution is 0.544. The first-order valence-electron chi connectivity index (χ1n) is 4.63. The summed E-state index contributed by atoms with van der Waals surface area (Å²) in [6.45, 7) is 4.39. The van der Waals surface area contributed by atoms with Crippen LogP contribution in [-0.2, 0) is 0 Å². The van der Waals surface area contributed by atoms with Crippen LogP contribution in [0.25, 0.3) is 0 Å². The molecule has 0 aliphatic carbocycles. The Bertz CT molecular complexity index is 194. The van der Waals surface area contributed by atoms with Crippen LogP contribution in [0.15, 0.2) is 18.5 Å². The van der Waals surface area contributed by atoms with Crippen LogP contribution in [0.2, 0.25) is 0 Å². The van der Waals surface area contributed by atoms with Crippen molar-refractivity contribution >= 4 is 0 Å². The molecule has 1 aromatic rings. The second kappa shape index (κ2) is 4.80. The van der Waals surface area contributed by atoms with Crippen LogP contribution >= 0.6 is 0 Å². The minimum atomic E-state index is 0.551. The van der Waals surface area contributed by atoms with Crippen LogP contribution in [0.4, 0.5) is 0 Å². The van der Waals surface area contributed by atoms with Gasteiger partial charge in [0, 0.05) is 12.2 Å². The van der Waals surface area contributed by atoms with Gasteiger partial charge in [0.05, 0.1) is 6.20 Å². The van der Waals surface area contributed by atoms with Crippen LogP contribution in [-0.4, -0.2) is 15.9 Å². The zero-order valence-corrected chi connectivity index (χ0v) is 7.83. The van der Waals surface area contributed by atoms with Gasteiger partial charge in [-0.2, -0.15) is 9.89 Å². The van der Waals surface area contributed by atoms with Crippen molar-refractivity contribution in [1.82, 2.24) is 9.89 Å². The van der Waals surface area contributed by atoms with Crippen molar-refractivity contribution in [3.63, 3.8) is 0 Å². The van der Waals surface area contributed by atoms with Gasteiger partial charge in [-0.1, -0.05) is 20.3 Å². The molecule has 1 N–H and O–H groups in total. The second-order valence-electron chi connectivity index (χ2n) is 2.97. The minimum absolute atomic E-state index is 0.551. The lowest BCUT2D eigenvalue weighted by Crippen LogP contribution is -2.27. The van der Waals surface area contributed by atoms with Gasteiger partial charge < -0.3 is 5.43 Å². The highest BCUT2D eigenvalue weighted by molar-refractivity contribution is 4.85. The molecule has 12 heavy (non-hydrogen) atoms. The zero-order chi connectivity index (χ0) is 8.81. The lowest BCUT2D eigenvalue weighted by atomic mass is 10.1. The maximum atomic E-state index is 4.09. The summed E-state index contributed by atoms with van der Waals surface area (Å²) in [6.07, 6.45) is 7.28. The third-order valence-electron chi connectivity index (χ3n) is 1.95. The van der Waals surface area contributed by atoms with E-state index in [1.54, 1.807) is 11.0 Å². The fraction of sp³-hybridized carbons (Fsp3) is 0.667. The van der Waals surface area contributed by atoms with E-state index in [0.29, 0.717) is 6.04 Å². The molecule has 0 spiro atoms. The normalized spacial score (nSPS) is 12.8. The maximum absolute atomic E-state index is 4.09. The number of nitrogens with one attached hydrogen (secondary N) is 1. The standard InChI is InChI=1S/C9H17N3/c1-3-6-9(4-2)11-12-8-5-7-10-12/h5,7-9,11H,3-4,6H2,1-2H3. The molecule has 0 radical (unpaired) electrons. The highest BCUT2D eigenvalue weighted by Crippen LogP contribution is 2.01. The summed E-state index contributed by atoms with van der Waals surface area (Å²) in [5.41, 5.74) is 3.32. The van der Waals surface area contributed by atoms with E-state index in [1.165, 1.54) is 12.8 Å². The van der Waals surface area contributed by atoms with E-state index in [1.807, 2.05) is 12.3 Å². The Kier molecular flexibility index (Phi) is 3.64. The predicted molar refractivity (Wildman–Crippen MR) is 50.6 cm³/mol. The van der Waals surface area contributed by atoms with Crippen molar-refractivity contribution in [3.05, 3.63) is 18.5 Å². The third kappa shape index (κ3) is 2.57. The Morgan fingerprint density at radius 1 is 1.50 bits per heavy atom. The molecule has 1 aromatic heterocycles. The molecule has 0 saturated carbocycles. The Morgan fingerprint density at radius 3 is 2.83 bits per heavy atom. The largest absolute Gasteiger partial charge is 0.307 e. The number of nitrogens with zero attached hydrogens (tertiary/aromatic N) is 2. The summed E-state index contributed by atoms with van der Waals surface area (Å²) in [7, 11) is 0. The molecular formula is C9H17N3. The molecule has 0 aliphatic heterocycles. The predicted octanol–water partition coefficient (Wildman–Crippen LogP) is 2.01. The highest BCUT2D eigenvalue weighted by Gasteiger charge is 2.03. The smallest absolute Gasteiger partial charge is 0.0510 e. The van der Waals surface area contributed by atoms with Gasteiger partial charge in [0.1, 0.15) is 0 Å². The molecule has 1 rings (SSSR count). The summed E-state index contributed by atoms with van der Waals surface area (Å²) in [5.74, 6) is 0. The average Bonchev–Trinajstić information content (AvgIpc) is 2.56. The van der Waals surface area contributed by atoms with Gasteiger partial charge in [-0.25, -0.2) is 0 Å². The first kappa shape index (κ1) is 9.10.